The number of carbonyl (C=O) groups excluding carboxylic acids is 2. The zero-order valence-corrected chi connectivity index (χ0v) is 18.3. The maximum Gasteiger partial charge on any atom is 0.228 e. The summed E-state index contributed by atoms with van der Waals surface area (Å²) in [5.41, 5.74) is 2.22. The highest BCUT2D eigenvalue weighted by Crippen LogP contribution is 2.36. The van der Waals surface area contributed by atoms with E-state index in [0.29, 0.717) is 31.5 Å². The normalized spacial score (nSPS) is 18.2. The van der Waals surface area contributed by atoms with Crippen LogP contribution in [0.3, 0.4) is 0 Å². The third-order valence-electron chi connectivity index (χ3n) is 5.96. The van der Waals surface area contributed by atoms with Gasteiger partial charge in [0.25, 0.3) is 0 Å². The molecule has 1 aromatic heterocycles. The van der Waals surface area contributed by atoms with Gasteiger partial charge in [-0.2, -0.15) is 0 Å². The molecule has 0 bridgehead atoms. The van der Waals surface area contributed by atoms with Crippen LogP contribution in [-0.4, -0.2) is 36.9 Å². The molecule has 4 nitrogen and oxygen atoms in total. The van der Waals surface area contributed by atoms with Crippen LogP contribution < -0.4 is 5.32 Å². The number of rotatable bonds is 6. The standard InChI is InChI=1S/C25H25FN2O2S/c1-27-24(30)25(16-18-7-9-20(10-8-18)22-6-3-13-31-22)11-12-28(17-25)23(29)15-19-4-2-5-21(26)14-19/h2-10,13-14H,11-12,15-17H2,1H3,(H,27,30)/t25-/m0/s1. The quantitative estimate of drug-likeness (QED) is 0.626. The number of nitrogens with one attached hydrogen (secondary N) is 1. The van der Waals surface area contributed by atoms with E-state index >= 15 is 0 Å². The van der Waals surface area contributed by atoms with Crippen molar-refractivity contribution in [3.05, 3.63) is 83.0 Å². The van der Waals surface area contributed by atoms with Crippen molar-refractivity contribution in [3.63, 3.8) is 0 Å². The Bertz CT molecular complexity index is 1070. The molecule has 2 amide bonds. The van der Waals surface area contributed by atoms with Crippen LogP contribution in [0.5, 0.6) is 0 Å². The molecule has 0 aliphatic carbocycles. The van der Waals surface area contributed by atoms with Crippen LogP contribution in [0.25, 0.3) is 10.4 Å². The molecule has 0 spiro atoms. The maximum absolute atomic E-state index is 13.5. The fourth-order valence-corrected chi connectivity index (χ4v) is 5.05. The van der Waals surface area contributed by atoms with Crippen molar-refractivity contribution in [2.45, 2.75) is 19.3 Å². The minimum absolute atomic E-state index is 0.0455. The van der Waals surface area contributed by atoms with Gasteiger partial charge in [-0.15, -0.1) is 11.3 Å². The first-order valence-electron chi connectivity index (χ1n) is 10.4. The molecule has 0 radical (unpaired) electrons. The second-order valence-corrected chi connectivity index (χ2v) is 9.03. The van der Waals surface area contributed by atoms with E-state index in [1.54, 1.807) is 35.4 Å². The first-order chi connectivity index (χ1) is 15.0. The van der Waals surface area contributed by atoms with Crippen molar-refractivity contribution in [2.24, 2.45) is 5.41 Å². The summed E-state index contributed by atoms with van der Waals surface area (Å²) in [6, 6.07) is 18.5. The Labute approximate surface area is 185 Å². The molecule has 2 aromatic carbocycles. The van der Waals surface area contributed by atoms with Crippen LogP contribution in [0.15, 0.2) is 66.0 Å². The minimum Gasteiger partial charge on any atom is -0.359 e. The van der Waals surface area contributed by atoms with Gasteiger partial charge in [0.15, 0.2) is 0 Å². The Morgan fingerprint density at radius 2 is 1.90 bits per heavy atom. The average Bonchev–Trinajstić information content (AvgIpc) is 3.45. The fraction of sp³-hybridized carbons (Fsp3) is 0.280. The number of hydrogen-bond acceptors (Lipinski definition) is 3. The Kier molecular flexibility index (Phi) is 6.18. The number of carbonyl (C=O) groups is 2. The van der Waals surface area contributed by atoms with Crippen molar-refractivity contribution in [2.75, 3.05) is 20.1 Å². The number of hydrogen-bond donors (Lipinski definition) is 1. The van der Waals surface area contributed by atoms with Crippen LogP contribution in [0.2, 0.25) is 0 Å². The lowest BCUT2D eigenvalue weighted by Gasteiger charge is -2.28. The molecule has 1 aliphatic heterocycles. The van der Waals surface area contributed by atoms with Crippen molar-refractivity contribution in [3.8, 4) is 10.4 Å². The van der Waals surface area contributed by atoms with Gasteiger partial charge in [-0.25, -0.2) is 4.39 Å². The summed E-state index contributed by atoms with van der Waals surface area (Å²) in [7, 11) is 1.64. The molecule has 1 fully saturated rings. The van der Waals surface area contributed by atoms with Gasteiger partial charge < -0.3 is 10.2 Å². The predicted molar refractivity (Wildman–Crippen MR) is 121 cm³/mol. The van der Waals surface area contributed by atoms with E-state index in [0.717, 1.165) is 11.1 Å². The molecule has 2 heterocycles. The Balaban J connectivity index is 1.48. The second-order valence-electron chi connectivity index (χ2n) is 8.08. The summed E-state index contributed by atoms with van der Waals surface area (Å²) in [6.07, 6.45) is 1.31. The number of nitrogens with zero attached hydrogens (tertiary/aromatic N) is 1. The lowest BCUT2D eigenvalue weighted by molar-refractivity contribution is -0.132. The molecule has 3 aromatic rings. The van der Waals surface area contributed by atoms with E-state index in [2.05, 4.69) is 41.0 Å². The van der Waals surface area contributed by atoms with Crippen molar-refractivity contribution >= 4 is 23.2 Å². The molecule has 160 valence electrons. The van der Waals surface area contributed by atoms with Gasteiger partial charge in [-0.1, -0.05) is 42.5 Å². The Morgan fingerprint density at radius 1 is 1.10 bits per heavy atom. The third kappa shape index (κ3) is 4.69. The third-order valence-corrected chi connectivity index (χ3v) is 6.88. The molecular weight excluding hydrogens is 411 g/mol. The molecule has 1 N–H and O–H groups in total. The van der Waals surface area contributed by atoms with E-state index in [9.17, 15) is 14.0 Å². The highest BCUT2D eigenvalue weighted by atomic mass is 32.1. The van der Waals surface area contributed by atoms with E-state index in [1.807, 2.05) is 6.07 Å². The predicted octanol–water partition coefficient (Wildman–Crippen LogP) is 4.30. The highest BCUT2D eigenvalue weighted by molar-refractivity contribution is 7.13. The van der Waals surface area contributed by atoms with E-state index < -0.39 is 5.41 Å². The van der Waals surface area contributed by atoms with E-state index in [-0.39, 0.29) is 24.1 Å². The first-order valence-corrected chi connectivity index (χ1v) is 11.2. The van der Waals surface area contributed by atoms with Crippen LogP contribution >= 0.6 is 11.3 Å². The van der Waals surface area contributed by atoms with Crippen LogP contribution in [0.1, 0.15) is 17.5 Å². The highest BCUT2D eigenvalue weighted by Gasteiger charge is 2.45. The van der Waals surface area contributed by atoms with Gasteiger partial charge in [0.05, 0.1) is 11.8 Å². The van der Waals surface area contributed by atoms with Crippen LogP contribution in [0, 0.1) is 11.2 Å². The lowest BCUT2D eigenvalue weighted by Crippen LogP contribution is -2.44. The maximum atomic E-state index is 13.5. The number of amides is 2. The number of thiophene rings is 1. The molecule has 0 saturated carbocycles. The van der Waals surface area contributed by atoms with Crippen molar-refractivity contribution < 1.29 is 14.0 Å². The minimum atomic E-state index is -0.656. The van der Waals surface area contributed by atoms with Crippen LogP contribution in [0.4, 0.5) is 4.39 Å². The molecule has 1 atom stereocenters. The molecule has 1 aliphatic rings. The molecule has 1 saturated heterocycles. The van der Waals surface area contributed by atoms with Crippen LogP contribution in [-0.2, 0) is 22.4 Å². The van der Waals surface area contributed by atoms with Crippen molar-refractivity contribution in [1.29, 1.82) is 0 Å². The number of benzene rings is 2. The van der Waals surface area contributed by atoms with Gasteiger partial charge in [-0.3, -0.25) is 9.59 Å². The van der Waals surface area contributed by atoms with Gasteiger partial charge in [-0.05, 0) is 53.1 Å². The lowest BCUT2D eigenvalue weighted by atomic mass is 9.79. The average molecular weight is 437 g/mol. The smallest absolute Gasteiger partial charge is 0.228 e. The SMILES string of the molecule is CNC(=O)[C@]1(Cc2ccc(-c3cccs3)cc2)CCN(C(=O)Cc2cccc(F)c2)C1. The summed E-state index contributed by atoms with van der Waals surface area (Å²) in [4.78, 5) is 28.6. The number of halogens is 1. The van der Waals surface area contributed by atoms with Gasteiger partial charge >= 0.3 is 0 Å². The van der Waals surface area contributed by atoms with Gasteiger partial charge in [0, 0.05) is 25.0 Å². The topological polar surface area (TPSA) is 49.4 Å². The Morgan fingerprint density at radius 3 is 2.58 bits per heavy atom. The molecule has 6 heteroatoms. The summed E-state index contributed by atoms with van der Waals surface area (Å²) in [5.74, 6) is -0.474. The van der Waals surface area contributed by atoms with Gasteiger partial charge in [0.2, 0.25) is 11.8 Å². The second kappa shape index (κ2) is 9.02. The summed E-state index contributed by atoms with van der Waals surface area (Å²) >= 11 is 1.70. The summed E-state index contributed by atoms with van der Waals surface area (Å²) in [6.45, 7) is 0.891. The Hall–Kier alpha value is -2.99. The molecule has 31 heavy (non-hydrogen) atoms. The molecule has 0 unspecified atom stereocenters. The fourth-order valence-electron chi connectivity index (χ4n) is 4.31. The zero-order chi connectivity index (χ0) is 21.8. The van der Waals surface area contributed by atoms with E-state index in [4.69, 9.17) is 0 Å². The molecular formula is C25H25FN2O2S. The zero-order valence-electron chi connectivity index (χ0n) is 17.4. The summed E-state index contributed by atoms with van der Waals surface area (Å²) in [5, 5.41) is 4.85. The first kappa shape index (κ1) is 21.2. The summed E-state index contributed by atoms with van der Waals surface area (Å²) < 4.78 is 13.5. The molecule has 4 rings (SSSR count). The largest absolute Gasteiger partial charge is 0.359 e. The van der Waals surface area contributed by atoms with Gasteiger partial charge in [0.1, 0.15) is 5.82 Å². The number of likely N-dealkylation sites (tertiary alicyclic amines) is 1. The van der Waals surface area contributed by atoms with E-state index in [1.165, 1.54) is 17.0 Å². The monoisotopic (exact) mass is 436 g/mol. The van der Waals surface area contributed by atoms with Crippen molar-refractivity contribution in [1.82, 2.24) is 10.2 Å².